The monoisotopic (exact) mass is 312 g/mol. The Balaban J connectivity index is 2.27. The first kappa shape index (κ1) is 17.2. The van der Waals surface area contributed by atoms with Crippen molar-refractivity contribution in [1.29, 1.82) is 0 Å². The Morgan fingerprint density at radius 3 is 2.57 bits per heavy atom. The highest BCUT2D eigenvalue weighted by Gasteiger charge is 2.21. The van der Waals surface area contributed by atoms with Gasteiger partial charge in [-0.2, -0.15) is 11.3 Å². The van der Waals surface area contributed by atoms with Crippen LogP contribution in [0.25, 0.3) is 0 Å². The second-order valence-electron chi connectivity index (χ2n) is 5.34. The van der Waals surface area contributed by atoms with Crippen LogP contribution in [0.4, 0.5) is 0 Å². The molecule has 1 aromatic heterocycles. The van der Waals surface area contributed by atoms with Gasteiger partial charge in [0, 0.05) is 35.9 Å². The lowest BCUT2D eigenvalue weighted by Gasteiger charge is -2.25. The van der Waals surface area contributed by atoms with Gasteiger partial charge in [0.05, 0.1) is 0 Å². The number of carboxylic acid groups (broad SMARTS) is 1. The Hall–Kier alpha value is -1.89. The zero-order valence-corrected chi connectivity index (χ0v) is 13.0. The van der Waals surface area contributed by atoms with Crippen LogP contribution in [0.3, 0.4) is 0 Å². The number of thiophene rings is 1. The maximum Gasteiger partial charge on any atom is 0.303 e. The second-order valence-corrected chi connectivity index (χ2v) is 6.12. The van der Waals surface area contributed by atoms with Gasteiger partial charge in [-0.25, -0.2) is 0 Å². The first-order chi connectivity index (χ1) is 9.80. The lowest BCUT2D eigenvalue weighted by Crippen LogP contribution is -2.44. The van der Waals surface area contributed by atoms with Crippen LogP contribution in [0.15, 0.2) is 16.8 Å². The molecular weight excluding hydrogens is 292 g/mol. The van der Waals surface area contributed by atoms with Gasteiger partial charge in [0.15, 0.2) is 0 Å². The molecule has 116 valence electrons. The molecule has 0 bridgehead atoms. The van der Waals surface area contributed by atoms with Gasteiger partial charge in [-0.1, -0.05) is 0 Å². The van der Waals surface area contributed by atoms with Crippen LogP contribution in [0.2, 0.25) is 0 Å². The van der Waals surface area contributed by atoms with E-state index < -0.39 is 11.5 Å². The third kappa shape index (κ3) is 6.89. The zero-order valence-electron chi connectivity index (χ0n) is 12.1. The second kappa shape index (κ2) is 7.78. The van der Waals surface area contributed by atoms with Crippen LogP contribution >= 0.6 is 11.3 Å². The Bertz CT molecular complexity index is 497. The molecule has 0 aliphatic carbocycles. The van der Waals surface area contributed by atoms with E-state index in [-0.39, 0.29) is 31.2 Å². The van der Waals surface area contributed by atoms with Crippen molar-refractivity contribution in [2.24, 2.45) is 0 Å². The summed E-state index contributed by atoms with van der Waals surface area (Å²) in [6.07, 6.45) is 0.518. The third-order valence-corrected chi connectivity index (χ3v) is 3.55. The van der Waals surface area contributed by atoms with Crippen molar-refractivity contribution in [2.75, 3.05) is 6.54 Å². The molecule has 6 nitrogen and oxygen atoms in total. The first-order valence-electron chi connectivity index (χ1n) is 6.63. The molecule has 7 heteroatoms. The van der Waals surface area contributed by atoms with Gasteiger partial charge in [-0.15, -0.1) is 0 Å². The summed E-state index contributed by atoms with van der Waals surface area (Å²) in [6, 6.07) is 1.72. The third-order valence-electron chi connectivity index (χ3n) is 2.86. The average molecular weight is 312 g/mol. The van der Waals surface area contributed by atoms with Gasteiger partial charge in [0.2, 0.25) is 5.91 Å². The first-order valence-corrected chi connectivity index (χ1v) is 7.58. The van der Waals surface area contributed by atoms with E-state index in [1.54, 1.807) is 25.3 Å². The van der Waals surface area contributed by atoms with Crippen molar-refractivity contribution < 1.29 is 19.5 Å². The van der Waals surface area contributed by atoms with Gasteiger partial charge >= 0.3 is 5.97 Å². The summed E-state index contributed by atoms with van der Waals surface area (Å²) in [6.45, 7) is 3.80. The van der Waals surface area contributed by atoms with Crippen LogP contribution in [0, 0.1) is 0 Å². The molecule has 0 unspecified atom stereocenters. The summed E-state index contributed by atoms with van der Waals surface area (Å²) in [5.74, 6) is -1.30. The highest BCUT2D eigenvalue weighted by atomic mass is 32.1. The largest absolute Gasteiger partial charge is 0.481 e. The minimum absolute atomic E-state index is 0.00215. The molecule has 1 heterocycles. The maximum atomic E-state index is 11.8. The van der Waals surface area contributed by atoms with Gasteiger partial charge in [-0.3, -0.25) is 14.4 Å². The van der Waals surface area contributed by atoms with E-state index in [1.807, 2.05) is 5.38 Å². The quantitative estimate of drug-likeness (QED) is 0.680. The Labute approximate surface area is 127 Å². The molecule has 1 rings (SSSR count). The minimum Gasteiger partial charge on any atom is -0.481 e. The van der Waals surface area contributed by atoms with E-state index in [4.69, 9.17) is 5.11 Å². The van der Waals surface area contributed by atoms with Crippen molar-refractivity contribution >= 4 is 29.1 Å². The normalized spacial score (nSPS) is 11.0. The molecule has 1 aromatic rings. The van der Waals surface area contributed by atoms with E-state index in [1.165, 1.54) is 11.3 Å². The number of carbonyl (C=O) groups is 3. The molecule has 0 radical (unpaired) electrons. The number of amides is 2. The number of hydrogen-bond donors (Lipinski definition) is 3. The molecule has 3 N–H and O–H groups in total. The fraction of sp³-hybridized carbons (Fsp3) is 0.500. The lowest BCUT2D eigenvalue weighted by atomic mass is 9.98. The zero-order chi connectivity index (χ0) is 15.9. The topological polar surface area (TPSA) is 95.5 Å². The van der Waals surface area contributed by atoms with Crippen molar-refractivity contribution in [3.8, 4) is 0 Å². The summed E-state index contributed by atoms with van der Waals surface area (Å²) in [5, 5.41) is 17.6. The summed E-state index contributed by atoms with van der Waals surface area (Å²) >= 11 is 1.44. The maximum absolute atomic E-state index is 11.8. The molecule has 21 heavy (non-hydrogen) atoms. The van der Waals surface area contributed by atoms with Crippen molar-refractivity contribution in [1.82, 2.24) is 10.6 Å². The molecule has 2 amide bonds. The number of aliphatic carboxylic acids is 1. The van der Waals surface area contributed by atoms with Crippen LogP contribution in [0.1, 0.15) is 43.5 Å². The molecule has 0 atom stereocenters. The van der Waals surface area contributed by atoms with Gasteiger partial charge < -0.3 is 15.7 Å². The fourth-order valence-electron chi connectivity index (χ4n) is 1.71. The van der Waals surface area contributed by atoms with E-state index in [0.717, 1.165) is 0 Å². The van der Waals surface area contributed by atoms with E-state index in [0.29, 0.717) is 12.0 Å². The Morgan fingerprint density at radius 2 is 2.00 bits per heavy atom. The standard InChI is InChI=1S/C14H20N2O4S/c1-14(2,6-3-12(18)19)16-11(17)4-7-15-13(20)10-5-8-21-9-10/h5,8-9H,3-4,6-7H2,1-2H3,(H,15,20)(H,16,17)(H,18,19). The number of carbonyl (C=O) groups excluding carboxylic acids is 2. The van der Waals surface area contributed by atoms with E-state index >= 15 is 0 Å². The highest BCUT2D eigenvalue weighted by Crippen LogP contribution is 2.11. The van der Waals surface area contributed by atoms with E-state index in [9.17, 15) is 14.4 Å². The number of carboxylic acids is 1. The molecule has 0 aliphatic rings. The number of nitrogens with one attached hydrogen (secondary N) is 2. The minimum atomic E-state index is -0.889. The molecule has 0 fully saturated rings. The summed E-state index contributed by atoms with van der Waals surface area (Å²) in [4.78, 5) is 33.9. The fourth-order valence-corrected chi connectivity index (χ4v) is 2.34. The molecular formula is C14H20N2O4S. The predicted octanol–water partition coefficient (Wildman–Crippen LogP) is 1.63. The summed E-state index contributed by atoms with van der Waals surface area (Å²) < 4.78 is 0. The number of rotatable bonds is 8. The smallest absolute Gasteiger partial charge is 0.303 e. The average Bonchev–Trinajstić information content (AvgIpc) is 2.89. The van der Waals surface area contributed by atoms with Gasteiger partial charge in [0.25, 0.3) is 5.91 Å². The number of hydrogen-bond acceptors (Lipinski definition) is 4. The van der Waals surface area contributed by atoms with Crippen molar-refractivity contribution in [3.05, 3.63) is 22.4 Å². The molecule has 0 spiro atoms. The van der Waals surface area contributed by atoms with Crippen LogP contribution in [-0.2, 0) is 9.59 Å². The van der Waals surface area contributed by atoms with Crippen LogP contribution < -0.4 is 10.6 Å². The van der Waals surface area contributed by atoms with Crippen molar-refractivity contribution in [2.45, 2.75) is 38.6 Å². The Kier molecular flexibility index (Phi) is 6.36. The van der Waals surface area contributed by atoms with Crippen LogP contribution in [-0.4, -0.2) is 35.0 Å². The Morgan fingerprint density at radius 1 is 1.29 bits per heavy atom. The predicted molar refractivity (Wildman–Crippen MR) is 80.4 cm³/mol. The summed E-state index contributed by atoms with van der Waals surface area (Å²) in [7, 11) is 0. The molecule has 0 aliphatic heterocycles. The van der Waals surface area contributed by atoms with Gasteiger partial charge in [-0.05, 0) is 31.7 Å². The van der Waals surface area contributed by atoms with E-state index in [2.05, 4.69) is 10.6 Å². The molecule has 0 aromatic carbocycles. The SMILES string of the molecule is CC(C)(CCC(=O)O)NC(=O)CCNC(=O)c1ccsc1. The highest BCUT2D eigenvalue weighted by molar-refractivity contribution is 7.08. The lowest BCUT2D eigenvalue weighted by molar-refractivity contribution is -0.137. The van der Waals surface area contributed by atoms with Crippen molar-refractivity contribution in [3.63, 3.8) is 0 Å². The molecule has 0 saturated heterocycles. The summed E-state index contributed by atoms with van der Waals surface area (Å²) in [5.41, 5.74) is 0.00882. The van der Waals surface area contributed by atoms with Crippen LogP contribution in [0.5, 0.6) is 0 Å². The molecule has 0 saturated carbocycles. The van der Waals surface area contributed by atoms with Gasteiger partial charge in [0.1, 0.15) is 0 Å².